The van der Waals surface area contributed by atoms with Gasteiger partial charge in [-0.2, -0.15) is 0 Å². The summed E-state index contributed by atoms with van der Waals surface area (Å²) in [5.74, 6) is 1.02. The molecule has 2 aromatic carbocycles. The molecule has 1 amide bonds. The van der Waals surface area contributed by atoms with E-state index in [0.29, 0.717) is 17.7 Å². The fourth-order valence-electron chi connectivity index (χ4n) is 2.10. The van der Waals surface area contributed by atoms with E-state index in [4.69, 9.17) is 15.2 Å². The number of ether oxygens (including phenoxy) is 2. The quantitative estimate of drug-likeness (QED) is 0.848. The molecule has 1 aliphatic rings. The number of primary amides is 1. The lowest BCUT2D eigenvalue weighted by atomic mass is 10.0. The van der Waals surface area contributed by atoms with Crippen LogP contribution in [0, 0.1) is 0 Å². The summed E-state index contributed by atoms with van der Waals surface area (Å²) in [5.41, 5.74) is 6.79. The van der Waals surface area contributed by atoms with Gasteiger partial charge in [0, 0.05) is 12.0 Å². The van der Waals surface area contributed by atoms with Crippen molar-refractivity contribution < 1.29 is 14.3 Å². The van der Waals surface area contributed by atoms with Gasteiger partial charge in [-0.15, -0.1) is 0 Å². The van der Waals surface area contributed by atoms with Crippen molar-refractivity contribution >= 4 is 5.91 Å². The predicted octanol–water partition coefficient (Wildman–Crippen LogP) is 2.52. The van der Waals surface area contributed by atoms with E-state index in [1.54, 1.807) is 12.1 Å². The summed E-state index contributed by atoms with van der Waals surface area (Å²) < 4.78 is 11.0. The largest absolute Gasteiger partial charge is 0.457 e. The molecule has 4 heteroatoms. The van der Waals surface area contributed by atoms with E-state index in [-0.39, 0.29) is 6.10 Å². The highest BCUT2D eigenvalue weighted by atomic mass is 16.6. The zero-order valence-corrected chi connectivity index (χ0v) is 10.9. The third-order valence-electron chi connectivity index (χ3n) is 3.17. The Morgan fingerprint density at radius 2 is 1.95 bits per heavy atom. The van der Waals surface area contributed by atoms with Crippen LogP contribution in [0.3, 0.4) is 0 Å². The molecule has 0 radical (unpaired) electrons. The fraction of sp³-hybridized carbons (Fsp3) is 0.188. The molecule has 1 atom stereocenters. The van der Waals surface area contributed by atoms with Crippen molar-refractivity contribution in [3.05, 3.63) is 59.7 Å². The van der Waals surface area contributed by atoms with E-state index < -0.39 is 5.91 Å². The van der Waals surface area contributed by atoms with E-state index in [2.05, 4.69) is 0 Å². The summed E-state index contributed by atoms with van der Waals surface area (Å²) in [7, 11) is 0. The molecule has 4 nitrogen and oxygen atoms in total. The number of rotatable bonds is 5. The van der Waals surface area contributed by atoms with Gasteiger partial charge in [0.15, 0.2) is 0 Å². The summed E-state index contributed by atoms with van der Waals surface area (Å²) in [6, 6.07) is 14.8. The first-order chi connectivity index (χ1) is 9.72. The second-order valence-corrected chi connectivity index (χ2v) is 4.76. The third kappa shape index (κ3) is 2.97. The van der Waals surface area contributed by atoms with E-state index in [9.17, 15) is 4.79 Å². The molecule has 0 bridgehead atoms. The second kappa shape index (κ2) is 5.35. The monoisotopic (exact) mass is 269 g/mol. The summed E-state index contributed by atoms with van der Waals surface area (Å²) in [4.78, 5) is 11.4. The normalized spacial score (nSPS) is 16.7. The highest BCUT2D eigenvalue weighted by Crippen LogP contribution is 2.26. The number of amides is 1. The molecule has 1 unspecified atom stereocenters. The smallest absolute Gasteiger partial charge is 0.248 e. The first kappa shape index (κ1) is 12.7. The third-order valence-corrected chi connectivity index (χ3v) is 3.17. The molecule has 0 spiro atoms. The van der Waals surface area contributed by atoms with Crippen LogP contribution < -0.4 is 10.5 Å². The summed E-state index contributed by atoms with van der Waals surface area (Å²) >= 11 is 0. The number of hydrogen-bond acceptors (Lipinski definition) is 3. The minimum atomic E-state index is -0.424. The fourth-order valence-corrected chi connectivity index (χ4v) is 2.10. The lowest BCUT2D eigenvalue weighted by Crippen LogP contribution is -2.14. The molecule has 0 aliphatic carbocycles. The average molecular weight is 269 g/mol. The van der Waals surface area contributed by atoms with Crippen LogP contribution in [0.15, 0.2) is 48.5 Å². The molecule has 1 fully saturated rings. The van der Waals surface area contributed by atoms with Crippen molar-refractivity contribution in [2.45, 2.75) is 12.5 Å². The number of benzene rings is 2. The molecule has 3 rings (SSSR count). The first-order valence-electron chi connectivity index (χ1n) is 6.49. The Balaban J connectivity index is 1.86. The SMILES string of the molecule is NC(=O)c1ccc(Oc2ccccc2)cc1CC1CO1. The highest BCUT2D eigenvalue weighted by Gasteiger charge is 2.25. The van der Waals surface area contributed by atoms with Crippen molar-refractivity contribution in [1.29, 1.82) is 0 Å². The van der Waals surface area contributed by atoms with Crippen LogP contribution in [0.1, 0.15) is 15.9 Å². The van der Waals surface area contributed by atoms with Gasteiger partial charge in [0.25, 0.3) is 0 Å². The minimum Gasteiger partial charge on any atom is -0.457 e. The summed E-state index contributed by atoms with van der Waals surface area (Å²) in [5, 5.41) is 0. The molecule has 2 N–H and O–H groups in total. The molecule has 1 aliphatic heterocycles. The number of para-hydroxylation sites is 1. The van der Waals surface area contributed by atoms with Crippen LogP contribution in [-0.4, -0.2) is 18.6 Å². The number of hydrogen-bond donors (Lipinski definition) is 1. The minimum absolute atomic E-state index is 0.195. The predicted molar refractivity (Wildman–Crippen MR) is 74.9 cm³/mol. The van der Waals surface area contributed by atoms with Crippen molar-refractivity contribution in [3.8, 4) is 11.5 Å². The summed E-state index contributed by atoms with van der Waals surface area (Å²) in [6.07, 6.45) is 0.879. The van der Waals surface area contributed by atoms with Crippen molar-refractivity contribution in [1.82, 2.24) is 0 Å². The molecule has 0 aromatic heterocycles. The van der Waals surface area contributed by atoms with Crippen LogP contribution in [0.25, 0.3) is 0 Å². The van der Waals surface area contributed by atoms with Gasteiger partial charge in [-0.25, -0.2) is 0 Å². The Labute approximate surface area is 117 Å². The average Bonchev–Trinajstić information content (AvgIpc) is 3.24. The molecular formula is C16H15NO3. The number of epoxide rings is 1. The van der Waals surface area contributed by atoms with Gasteiger partial charge >= 0.3 is 0 Å². The van der Waals surface area contributed by atoms with Crippen LogP contribution >= 0.6 is 0 Å². The van der Waals surface area contributed by atoms with E-state index in [1.165, 1.54) is 0 Å². The van der Waals surface area contributed by atoms with Crippen LogP contribution in [-0.2, 0) is 11.2 Å². The van der Waals surface area contributed by atoms with Gasteiger partial charge in [-0.3, -0.25) is 4.79 Å². The standard InChI is InChI=1S/C16H15NO3/c17-16(18)15-7-6-13(8-11(15)9-14-10-19-14)20-12-4-2-1-3-5-12/h1-8,14H,9-10H2,(H2,17,18). The Morgan fingerprint density at radius 3 is 2.60 bits per heavy atom. The molecule has 2 aromatic rings. The highest BCUT2D eigenvalue weighted by molar-refractivity contribution is 5.94. The molecule has 20 heavy (non-hydrogen) atoms. The van der Waals surface area contributed by atoms with Gasteiger partial charge in [0.1, 0.15) is 11.5 Å². The Kier molecular flexibility index (Phi) is 3.39. The van der Waals surface area contributed by atoms with Gasteiger partial charge in [-0.05, 0) is 35.9 Å². The first-order valence-corrected chi connectivity index (χ1v) is 6.49. The molecule has 1 saturated heterocycles. The van der Waals surface area contributed by atoms with Gasteiger partial charge in [0.05, 0.1) is 12.7 Å². The van der Waals surface area contributed by atoms with Crippen molar-refractivity contribution in [2.24, 2.45) is 5.73 Å². The number of carbonyl (C=O) groups is 1. The molecule has 0 saturated carbocycles. The molecule has 102 valence electrons. The van der Waals surface area contributed by atoms with Gasteiger partial charge < -0.3 is 15.2 Å². The topological polar surface area (TPSA) is 64.9 Å². The number of carbonyl (C=O) groups excluding carboxylic acids is 1. The molecule has 1 heterocycles. The lowest BCUT2D eigenvalue weighted by molar-refractivity contribution is 0.0999. The molecular weight excluding hydrogens is 254 g/mol. The van der Waals surface area contributed by atoms with E-state index in [0.717, 1.165) is 17.9 Å². The maximum Gasteiger partial charge on any atom is 0.248 e. The zero-order valence-electron chi connectivity index (χ0n) is 10.9. The second-order valence-electron chi connectivity index (χ2n) is 4.76. The number of nitrogens with two attached hydrogens (primary N) is 1. The zero-order chi connectivity index (χ0) is 13.9. The maximum atomic E-state index is 11.4. The maximum absolute atomic E-state index is 11.4. The van der Waals surface area contributed by atoms with Gasteiger partial charge in [0.2, 0.25) is 5.91 Å². The van der Waals surface area contributed by atoms with Crippen molar-refractivity contribution in [2.75, 3.05) is 6.61 Å². The van der Waals surface area contributed by atoms with Crippen LogP contribution in [0.5, 0.6) is 11.5 Å². The Bertz CT molecular complexity index is 621. The van der Waals surface area contributed by atoms with Gasteiger partial charge in [-0.1, -0.05) is 18.2 Å². The summed E-state index contributed by atoms with van der Waals surface area (Å²) in [6.45, 7) is 0.738. The lowest BCUT2D eigenvalue weighted by Gasteiger charge is -2.10. The van der Waals surface area contributed by atoms with E-state index >= 15 is 0 Å². The Hall–Kier alpha value is -2.33. The van der Waals surface area contributed by atoms with Crippen LogP contribution in [0.2, 0.25) is 0 Å². The Morgan fingerprint density at radius 1 is 1.20 bits per heavy atom. The van der Waals surface area contributed by atoms with E-state index in [1.807, 2.05) is 36.4 Å². The van der Waals surface area contributed by atoms with Crippen molar-refractivity contribution in [3.63, 3.8) is 0 Å². The van der Waals surface area contributed by atoms with Crippen LogP contribution in [0.4, 0.5) is 0 Å².